The molecule has 0 aromatic carbocycles. The van der Waals surface area contributed by atoms with Crippen LogP contribution in [0, 0.1) is 5.92 Å². The molecule has 2 saturated heterocycles. The maximum Gasteiger partial charge on any atom is 0.267 e. The lowest BCUT2D eigenvalue weighted by molar-refractivity contribution is -0.0806. The quantitative estimate of drug-likeness (QED) is 0.730. The van der Waals surface area contributed by atoms with Crippen LogP contribution in [0.3, 0.4) is 0 Å². The smallest absolute Gasteiger partial charge is 0.267 e. The van der Waals surface area contributed by atoms with E-state index in [4.69, 9.17) is 0 Å². The lowest BCUT2D eigenvalue weighted by Gasteiger charge is -2.28. The van der Waals surface area contributed by atoms with Gasteiger partial charge in [0.15, 0.2) is 0 Å². The Morgan fingerprint density at radius 3 is 2.64 bits per heavy atom. The molecule has 2 nitrogen and oxygen atoms in total. The first-order valence-corrected chi connectivity index (χ1v) is 5.40. The molecule has 2 fully saturated rings. The molecule has 2 unspecified atom stereocenters. The molecule has 82 valence electrons. The summed E-state index contributed by atoms with van der Waals surface area (Å²) in [5.74, 6) is -2.95. The first-order valence-electron chi connectivity index (χ1n) is 5.40. The summed E-state index contributed by atoms with van der Waals surface area (Å²) in [6.45, 7) is 2.11. The highest BCUT2D eigenvalue weighted by Gasteiger charge is 2.49. The first kappa shape index (κ1) is 10.3. The zero-order valence-corrected chi connectivity index (χ0v) is 8.60. The Balaban J connectivity index is 1.99. The van der Waals surface area contributed by atoms with Crippen LogP contribution >= 0.6 is 0 Å². The number of halogens is 2. The highest BCUT2D eigenvalue weighted by molar-refractivity contribution is 4.95. The third-order valence-corrected chi connectivity index (χ3v) is 3.46. The minimum absolute atomic E-state index is 0.442. The Morgan fingerprint density at radius 1 is 1.36 bits per heavy atom. The van der Waals surface area contributed by atoms with Crippen molar-refractivity contribution in [2.45, 2.75) is 31.2 Å². The third-order valence-electron chi connectivity index (χ3n) is 3.46. The maximum absolute atomic E-state index is 13.9. The fraction of sp³-hybridized carbons (Fsp3) is 1.00. The molecule has 2 atom stereocenters. The van der Waals surface area contributed by atoms with Gasteiger partial charge in [-0.25, -0.2) is 8.78 Å². The normalized spacial score (nSPS) is 35.4. The number of alkyl halides is 2. The van der Waals surface area contributed by atoms with Gasteiger partial charge in [0.1, 0.15) is 0 Å². The van der Waals surface area contributed by atoms with Crippen LogP contribution in [0.5, 0.6) is 0 Å². The van der Waals surface area contributed by atoms with Crippen LogP contribution in [-0.4, -0.2) is 43.5 Å². The van der Waals surface area contributed by atoms with Gasteiger partial charge in [0.25, 0.3) is 5.92 Å². The van der Waals surface area contributed by atoms with Crippen molar-refractivity contribution in [1.82, 2.24) is 10.2 Å². The molecule has 0 spiro atoms. The standard InChI is InChI=1S/C10H18F2N2/c1-14-6-4-8(7-14)10(11,12)9-3-2-5-13-9/h8-9,13H,2-7H2,1H3. The van der Waals surface area contributed by atoms with E-state index in [2.05, 4.69) is 5.32 Å². The second-order valence-corrected chi connectivity index (χ2v) is 4.57. The molecule has 0 aromatic heterocycles. The van der Waals surface area contributed by atoms with E-state index < -0.39 is 17.9 Å². The minimum Gasteiger partial charge on any atom is -0.309 e. The van der Waals surface area contributed by atoms with Crippen LogP contribution in [0.1, 0.15) is 19.3 Å². The van der Waals surface area contributed by atoms with E-state index >= 15 is 0 Å². The molecule has 1 N–H and O–H groups in total. The summed E-state index contributed by atoms with van der Waals surface area (Å²) in [6.07, 6.45) is 2.16. The molecule has 0 aliphatic carbocycles. The van der Waals surface area contributed by atoms with Crippen LogP contribution in [0.2, 0.25) is 0 Å². The highest BCUT2D eigenvalue weighted by atomic mass is 19.3. The van der Waals surface area contributed by atoms with Gasteiger partial charge in [0.2, 0.25) is 0 Å². The summed E-state index contributed by atoms with van der Waals surface area (Å²) in [5.41, 5.74) is 0. The summed E-state index contributed by atoms with van der Waals surface area (Å²) < 4.78 is 27.8. The van der Waals surface area contributed by atoms with E-state index in [1.807, 2.05) is 11.9 Å². The van der Waals surface area contributed by atoms with Crippen LogP contribution in [0.4, 0.5) is 8.78 Å². The zero-order chi connectivity index (χ0) is 10.2. The van der Waals surface area contributed by atoms with Crippen LogP contribution in [0.25, 0.3) is 0 Å². The minimum atomic E-state index is -2.51. The molecule has 0 saturated carbocycles. The summed E-state index contributed by atoms with van der Waals surface area (Å²) >= 11 is 0. The first-order chi connectivity index (χ1) is 6.60. The summed E-state index contributed by atoms with van der Waals surface area (Å²) in [7, 11) is 1.91. The van der Waals surface area contributed by atoms with E-state index in [-0.39, 0.29) is 0 Å². The van der Waals surface area contributed by atoms with Gasteiger partial charge in [-0.2, -0.15) is 0 Å². The monoisotopic (exact) mass is 204 g/mol. The molecule has 0 bridgehead atoms. The van der Waals surface area contributed by atoms with Gasteiger partial charge in [-0.3, -0.25) is 0 Å². The van der Waals surface area contributed by atoms with Gasteiger partial charge >= 0.3 is 0 Å². The Kier molecular flexibility index (Phi) is 2.75. The average Bonchev–Trinajstić information content (AvgIpc) is 2.72. The fourth-order valence-electron chi connectivity index (χ4n) is 2.55. The van der Waals surface area contributed by atoms with E-state index in [1.165, 1.54) is 0 Å². The molecule has 14 heavy (non-hydrogen) atoms. The average molecular weight is 204 g/mol. The maximum atomic E-state index is 13.9. The molecule has 2 rings (SSSR count). The van der Waals surface area contributed by atoms with Gasteiger partial charge in [-0.05, 0) is 39.4 Å². The number of rotatable bonds is 2. The Hall–Kier alpha value is -0.220. The number of hydrogen-bond donors (Lipinski definition) is 1. The van der Waals surface area contributed by atoms with Crippen molar-refractivity contribution in [3.05, 3.63) is 0 Å². The zero-order valence-electron chi connectivity index (χ0n) is 8.60. The lowest BCUT2D eigenvalue weighted by Crippen LogP contribution is -2.47. The number of nitrogens with one attached hydrogen (secondary N) is 1. The number of likely N-dealkylation sites (tertiary alicyclic amines) is 1. The van der Waals surface area contributed by atoms with E-state index in [9.17, 15) is 8.78 Å². The largest absolute Gasteiger partial charge is 0.309 e. The number of hydrogen-bond acceptors (Lipinski definition) is 2. The second-order valence-electron chi connectivity index (χ2n) is 4.57. The molecule has 0 amide bonds. The molecular formula is C10H18F2N2. The number of nitrogens with zero attached hydrogens (tertiary/aromatic N) is 1. The second kappa shape index (κ2) is 3.74. The van der Waals surface area contributed by atoms with Gasteiger partial charge < -0.3 is 10.2 Å². The summed E-state index contributed by atoms with van der Waals surface area (Å²) in [4.78, 5) is 1.99. The van der Waals surface area contributed by atoms with Gasteiger partial charge in [0, 0.05) is 12.5 Å². The van der Waals surface area contributed by atoms with Crippen molar-refractivity contribution < 1.29 is 8.78 Å². The molecule has 2 aliphatic heterocycles. The van der Waals surface area contributed by atoms with Gasteiger partial charge in [-0.15, -0.1) is 0 Å². The third kappa shape index (κ3) is 1.77. The lowest BCUT2D eigenvalue weighted by atomic mass is 9.93. The molecular weight excluding hydrogens is 186 g/mol. The van der Waals surface area contributed by atoms with Crippen molar-refractivity contribution in [3.63, 3.8) is 0 Å². The fourth-order valence-corrected chi connectivity index (χ4v) is 2.55. The Bertz CT molecular complexity index is 202. The van der Waals surface area contributed by atoms with Crippen molar-refractivity contribution in [2.75, 3.05) is 26.7 Å². The predicted molar refractivity (Wildman–Crippen MR) is 51.6 cm³/mol. The van der Waals surface area contributed by atoms with Crippen LogP contribution < -0.4 is 5.32 Å². The Morgan fingerprint density at radius 2 is 2.14 bits per heavy atom. The molecule has 0 aromatic rings. The summed E-state index contributed by atoms with van der Waals surface area (Å²) in [6, 6.07) is -0.570. The molecule has 0 radical (unpaired) electrons. The van der Waals surface area contributed by atoms with Gasteiger partial charge in [-0.1, -0.05) is 0 Å². The topological polar surface area (TPSA) is 15.3 Å². The molecule has 2 aliphatic rings. The van der Waals surface area contributed by atoms with Crippen molar-refractivity contribution >= 4 is 0 Å². The predicted octanol–water partition coefficient (Wildman–Crippen LogP) is 1.33. The Labute approximate surface area is 83.7 Å². The van der Waals surface area contributed by atoms with E-state index in [0.29, 0.717) is 19.4 Å². The molecule has 2 heterocycles. The SMILES string of the molecule is CN1CCC(C(F)(F)C2CCCN2)C1. The van der Waals surface area contributed by atoms with Crippen LogP contribution in [-0.2, 0) is 0 Å². The van der Waals surface area contributed by atoms with Crippen molar-refractivity contribution in [2.24, 2.45) is 5.92 Å². The highest BCUT2D eigenvalue weighted by Crippen LogP contribution is 2.37. The van der Waals surface area contributed by atoms with Crippen LogP contribution in [0.15, 0.2) is 0 Å². The summed E-state index contributed by atoms with van der Waals surface area (Å²) in [5, 5.41) is 2.92. The van der Waals surface area contributed by atoms with Crippen molar-refractivity contribution in [1.29, 1.82) is 0 Å². The van der Waals surface area contributed by atoms with E-state index in [0.717, 1.165) is 19.5 Å². The van der Waals surface area contributed by atoms with Crippen molar-refractivity contribution in [3.8, 4) is 0 Å². The molecule has 4 heteroatoms. The van der Waals surface area contributed by atoms with Gasteiger partial charge in [0.05, 0.1) is 6.04 Å². The van der Waals surface area contributed by atoms with E-state index in [1.54, 1.807) is 0 Å².